The van der Waals surface area contributed by atoms with E-state index in [9.17, 15) is 15.3 Å². The summed E-state index contributed by atoms with van der Waals surface area (Å²) in [6, 6.07) is 0. The number of rotatable bonds is 1. The van der Waals surface area contributed by atoms with Gasteiger partial charge >= 0.3 is 0 Å². The number of aliphatic hydroxyl groups excluding tert-OH is 3. The molecule has 0 unspecified atom stereocenters. The highest BCUT2D eigenvalue weighted by Gasteiger charge is 2.39. The highest BCUT2D eigenvalue weighted by atomic mass is 32.1. The maximum atomic E-state index is 10.0. The maximum Gasteiger partial charge on any atom is 0.200 e. The summed E-state index contributed by atoms with van der Waals surface area (Å²) in [6.07, 6.45) is -3.27. The number of nitrogens with zero attached hydrogens (tertiary/aromatic N) is 3. The van der Waals surface area contributed by atoms with Crippen LogP contribution in [0.25, 0.3) is 11.2 Å². The number of aromatic amines is 1. The fraction of sp³-hybridized carbons (Fsp3) is 0.500. The van der Waals surface area contributed by atoms with Crippen LogP contribution in [0.3, 0.4) is 0 Å². The zero-order valence-corrected chi connectivity index (χ0v) is 11.0. The first-order valence-electron chi connectivity index (χ1n) is 5.87. The van der Waals surface area contributed by atoms with Crippen LogP contribution in [0, 0.1) is 4.64 Å². The standard InChI is InChI=1S/C10H13N5O4S/c11-10-13-7-4(8(20)14-10)12-2-15(7)9-6(18)5(17)3(16)1-19-9/h2-3,5-6,9,16-18H,1H2,(H3,11,13,14,20)/t3-,5-,6+,9+/m1/s1. The van der Waals surface area contributed by atoms with Crippen LogP contribution >= 0.6 is 12.2 Å². The Bertz CT molecular complexity index is 701. The van der Waals surface area contributed by atoms with Crippen LogP contribution in [0.15, 0.2) is 6.33 Å². The fourth-order valence-corrected chi connectivity index (χ4v) is 2.43. The first kappa shape index (κ1) is 13.4. The minimum atomic E-state index is -1.31. The molecule has 3 rings (SSSR count). The van der Waals surface area contributed by atoms with Gasteiger partial charge in [0.1, 0.15) is 29.5 Å². The molecule has 0 aromatic carbocycles. The molecule has 6 N–H and O–H groups in total. The average Bonchev–Trinajstić information content (AvgIpc) is 2.80. The summed E-state index contributed by atoms with van der Waals surface area (Å²) in [4.78, 5) is 10.8. The minimum Gasteiger partial charge on any atom is -0.388 e. The van der Waals surface area contributed by atoms with E-state index in [1.165, 1.54) is 10.9 Å². The normalized spacial score (nSPS) is 30.8. The number of nitrogen functional groups attached to an aromatic ring is 1. The lowest BCUT2D eigenvalue weighted by molar-refractivity contribution is -0.210. The quantitative estimate of drug-likeness (QED) is 0.408. The molecule has 3 heterocycles. The van der Waals surface area contributed by atoms with E-state index < -0.39 is 24.5 Å². The highest BCUT2D eigenvalue weighted by molar-refractivity contribution is 7.71. The highest BCUT2D eigenvalue weighted by Crippen LogP contribution is 2.27. The van der Waals surface area contributed by atoms with Crippen molar-refractivity contribution in [1.82, 2.24) is 19.5 Å². The van der Waals surface area contributed by atoms with Gasteiger partial charge in [-0.25, -0.2) is 9.97 Å². The van der Waals surface area contributed by atoms with E-state index >= 15 is 0 Å². The molecule has 20 heavy (non-hydrogen) atoms. The van der Waals surface area contributed by atoms with E-state index in [1.54, 1.807) is 0 Å². The summed E-state index contributed by atoms with van der Waals surface area (Å²) < 4.78 is 7.04. The Morgan fingerprint density at radius 1 is 1.40 bits per heavy atom. The number of imidazole rings is 1. The number of nitrogens with one attached hydrogen (secondary N) is 1. The van der Waals surface area contributed by atoms with Gasteiger partial charge in [-0.3, -0.25) is 4.57 Å². The summed E-state index contributed by atoms with van der Waals surface area (Å²) in [6.45, 7) is -0.107. The van der Waals surface area contributed by atoms with E-state index in [1.807, 2.05) is 0 Å². The number of anilines is 1. The molecule has 9 nitrogen and oxygen atoms in total. The molecule has 0 amide bonds. The average molecular weight is 299 g/mol. The Balaban J connectivity index is 2.09. The lowest BCUT2D eigenvalue weighted by atomic mass is 10.0. The lowest BCUT2D eigenvalue weighted by Crippen LogP contribution is -2.50. The summed E-state index contributed by atoms with van der Waals surface area (Å²) in [5.41, 5.74) is 6.43. The molecule has 0 bridgehead atoms. The first-order valence-corrected chi connectivity index (χ1v) is 6.28. The summed E-state index contributed by atoms with van der Waals surface area (Å²) in [7, 11) is 0. The second-order valence-electron chi connectivity index (χ2n) is 4.55. The topological polar surface area (TPSA) is 142 Å². The third-order valence-electron chi connectivity index (χ3n) is 3.21. The van der Waals surface area contributed by atoms with Crippen molar-refractivity contribution >= 4 is 29.3 Å². The fourth-order valence-electron chi connectivity index (χ4n) is 2.18. The van der Waals surface area contributed by atoms with Crippen molar-refractivity contribution in [3.8, 4) is 0 Å². The maximum absolute atomic E-state index is 10.0. The molecule has 0 radical (unpaired) electrons. The number of hydrogen-bond acceptors (Lipinski definition) is 8. The van der Waals surface area contributed by atoms with Crippen LogP contribution in [0.4, 0.5) is 5.95 Å². The van der Waals surface area contributed by atoms with Crippen molar-refractivity contribution in [3.63, 3.8) is 0 Å². The number of H-pyrrole nitrogens is 1. The molecular weight excluding hydrogens is 286 g/mol. The van der Waals surface area contributed by atoms with Crippen LogP contribution in [0.1, 0.15) is 6.23 Å². The Morgan fingerprint density at radius 2 is 2.15 bits per heavy atom. The molecule has 1 aliphatic rings. The van der Waals surface area contributed by atoms with Gasteiger partial charge in [0.05, 0.1) is 12.9 Å². The van der Waals surface area contributed by atoms with Crippen LogP contribution < -0.4 is 5.73 Å². The molecule has 1 fully saturated rings. The largest absolute Gasteiger partial charge is 0.388 e. The van der Waals surface area contributed by atoms with E-state index in [0.29, 0.717) is 11.2 Å². The Labute approximate surface area is 117 Å². The van der Waals surface area contributed by atoms with Gasteiger partial charge in [0.25, 0.3) is 0 Å². The zero-order chi connectivity index (χ0) is 14.4. The molecule has 2 aromatic rings. The number of nitrogens with two attached hydrogens (primary N) is 1. The van der Waals surface area contributed by atoms with Gasteiger partial charge in [-0.15, -0.1) is 0 Å². The van der Waals surface area contributed by atoms with Crippen molar-refractivity contribution in [2.24, 2.45) is 0 Å². The second kappa shape index (κ2) is 4.75. The van der Waals surface area contributed by atoms with Gasteiger partial charge in [-0.05, 0) is 0 Å². The van der Waals surface area contributed by atoms with Crippen LogP contribution in [0.5, 0.6) is 0 Å². The molecule has 1 saturated heterocycles. The molecule has 0 spiro atoms. The van der Waals surface area contributed by atoms with E-state index in [-0.39, 0.29) is 17.2 Å². The number of hydrogen-bond donors (Lipinski definition) is 5. The molecular formula is C10H13N5O4S. The third kappa shape index (κ3) is 1.98. The van der Waals surface area contributed by atoms with Crippen molar-refractivity contribution in [2.45, 2.75) is 24.5 Å². The van der Waals surface area contributed by atoms with Gasteiger partial charge in [0.2, 0.25) is 0 Å². The van der Waals surface area contributed by atoms with Crippen molar-refractivity contribution in [2.75, 3.05) is 12.3 Å². The number of aromatic nitrogens is 4. The zero-order valence-electron chi connectivity index (χ0n) is 10.2. The molecule has 10 heteroatoms. The van der Waals surface area contributed by atoms with Crippen molar-refractivity contribution in [1.29, 1.82) is 0 Å². The van der Waals surface area contributed by atoms with Crippen LogP contribution in [-0.4, -0.2) is 59.8 Å². The van der Waals surface area contributed by atoms with Gasteiger partial charge in [0, 0.05) is 0 Å². The third-order valence-corrected chi connectivity index (χ3v) is 3.50. The Hall–Kier alpha value is -1.59. The number of fused-ring (bicyclic) bond motifs is 1. The van der Waals surface area contributed by atoms with Gasteiger partial charge in [0.15, 0.2) is 16.8 Å². The smallest absolute Gasteiger partial charge is 0.200 e. The summed E-state index contributed by atoms with van der Waals surface area (Å²) >= 11 is 5.05. The van der Waals surface area contributed by atoms with Crippen molar-refractivity contribution < 1.29 is 20.1 Å². The monoisotopic (exact) mass is 299 g/mol. The van der Waals surface area contributed by atoms with Gasteiger partial charge in [-0.1, -0.05) is 12.2 Å². The minimum absolute atomic E-state index is 0.107. The lowest BCUT2D eigenvalue weighted by Gasteiger charge is -2.35. The summed E-state index contributed by atoms with van der Waals surface area (Å²) in [5, 5.41) is 29.2. The van der Waals surface area contributed by atoms with Crippen molar-refractivity contribution in [3.05, 3.63) is 11.0 Å². The first-order chi connectivity index (χ1) is 9.49. The van der Waals surface area contributed by atoms with Crippen LogP contribution in [-0.2, 0) is 4.74 Å². The summed E-state index contributed by atoms with van der Waals surface area (Å²) in [5.74, 6) is 0.107. The number of ether oxygens (including phenoxy) is 1. The Morgan fingerprint density at radius 3 is 2.90 bits per heavy atom. The molecule has 0 aliphatic carbocycles. The molecule has 108 valence electrons. The second-order valence-corrected chi connectivity index (χ2v) is 4.94. The van der Waals surface area contributed by atoms with Gasteiger partial charge < -0.3 is 30.8 Å². The molecule has 4 atom stereocenters. The predicted molar refractivity (Wildman–Crippen MR) is 70.1 cm³/mol. The van der Waals surface area contributed by atoms with E-state index in [0.717, 1.165) is 0 Å². The molecule has 0 saturated carbocycles. The predicted octanol–water partition coefficient (Wildman–Crippen LogP) is -1.32. The number of aliphatic hydroxyl groups is 3. The van der Waals surface area contributed by atoms with Gasteiger partial charge in [-0.2, -0.15) is 0 Å². The van der Waals surface area contributed by atoms with E-state index in [4.69, 9.17) is 22.7 Å². The molecule has 1 aliphatic heterocycles. The SMILES string of the molecule is Nc1nc(=S)c2ncn([C@H]3OC[C@@H](O)[C@@H](O)[C@@H]3O)c2[nH]1. The molecule has 2 aromatic heterocycles. The van der Waals surface area contributed by atoms with E-state index in [2.05, 4.69) is 15.0 Å². The van der Waals surface area contributed by atoms with Crippen LogP contribution in [0.2, 0.25) is 0 Å². The Kier molecular flexibility index (Phi) is 3.18.